The summed E-state index contributed by atoms with van der Waals surface area (Å²) in [6.45, 7) is 6.95. The summed E-state index contributed by atoms with van der Waals surface area (Å²) in [5.41, 5.74) is 4.66. The van der Waals surface area contributed by atoms with Crippen molar-refractivity contribution in [3.05, 3.63) is 64.8 Å². The van der Waals surface area contributed by atoms with E-state index in [2.05, 4.69) is 17.0 Å². The van der Waals surface area contributed by atoms with Gasteiger partial charge in [-0.15, -0.1) is 0 Å². The number of hydrogen-bond donors (Lipinski definition) is 0. The Bertz CT molecular complexity index is 1530. The van der Waals surface area contributed by atoms with E-state index in [9.17, 15) is 13.2 Å². The van der Waals surface area contributed by atoms with E-state index in [-0.39, 0.29) is 29.5 Å². The standard InChI is InChI=1S/C28H30N4O5S/c1-18-3-2-4-21-26-22(17-38(34,35)27(18)21)25(28(33)31-11-14-37-24-15-23(24)31)29-32(26)20-7-5-19(6-8-20)16-30-9-12-36-13-10-30/h2-8,23-24H,9-17H2,1H3/t23-,24+/m0/s1. The molecular weight excluding hydrogens is 504 g/mol. The molecule has 0 bridgehead atoms. The summed E-state index contributed by atoms with van der Waals surface area (Å²) in [6.07, 6.45) is 0.899. The van der Waals surface area contributed by atoms with E-state index in [0.717, 1.165) is 45.0 Å². The van der Waals surface area contributed by atoms with Crippen LogP contribution in [-0.4, -0.2) is 85.5 Å². The maximum atomic E-state index is 13.8. The largest absolute Gasteiger partial charge is 0.379 e. The van der Waals surface area contributed by atoms with Gasteiger partial charge < -0.3 is 14.4 Å². The van der Waals surface area contributed by atoms with Crippen LogP contribution in [0.5, 0.6) is 0 Å². The van der Waals surface area contributed by atoms with Gasteiger partial charge in [0.25, 0.3) is 5.91 Å². The Morgan fingerprint density at radius 2 is 1.84 bits per heavy atom. The van der Waals surface area contributed by atoms with Gasteiger partial charge in [0.05, 0.1) is 54.0 Å². The van der Waals surface area contributed by atoms with E-state index >= 15 is 0 Å². The molecule has 0 unspecified atom stereocenters. The molecule has 0 radical (unpaired) electrons. The predicted octanol–water partition coefficient (Wildman–Crippen LogP) is 2.58. The number of aryl methyl sites for hydroxylation is 1. The van der Waals surface area contributed by atoms with Crippen LogP contribution < -0.4 is 0 Å². The monoisotopic (exact) mass is 534 g/mol. The smallest absolute Gasteiger partial charge is 0.275 e. The van der Waals surface area contributed by atoms with Crippen molar-refractivity contribution in [1.29, 1.82) is 0 Å². The average Bonchev–Trinajstić information content (AvgIpc) is 3.62. The van der Waals surface area contributed by atoms with Crippen LogP contribution in [0.25, 0.3) is 16.9 Å². The van der Waals surface area contributed by atoms with Crippen LogP contribution in [0.15, 0.2) is 47.4 Å². The first-order valence-corrected chi connectivity index (χ1v) is 14.8. The van der Waals surface area contributed by atoms with E-state index in [4.69, 9.17) is 14.6 Å². The highest BCUT2D eigenvalue weighted by atomic mass is 32.2. The fraction of sp³-hybridized carbons (Fsp3) is 0.429. The van der Waals surface area contributed by atoms with Crippen molar-refractivity contribution in [3.8, 4) is 16.9 Å². The van der Waals surface area contributed by atoms with E-state index in [1.807, 2.05) is 42.2 Å². The lowest BCUT2D eigenvalue weighted by molar-refractivity contribution is 0.0258. The van der Waals surface area contributed by atoms with Gasteiger partial charge in [-0.1, -0.05) is 30.3 Å². The van der Waals surface area contributed by atoms with Crippen molar-refractivity contribution >= 4 is 15.7 Å². The Morgan fingerprint density at radius 3 is 2.63 bits per heavy atom. The number of carbonyl (C=O) groups excluding carboxylic acids is 1. The van der Waals surface area contributed by atoms with Crippen LogP contribution in [0.3, 0.4) is 0 Å². The van der Waals surface area contributed by atoms with E-state index in [0.29, 0.717) is 40.4 Å². The molecule has 9 nitrogen and oxygen atoms in total. The van der Waals surface area contributed by atoms with Gasteiger partial charge in [-0.2, -0.15) is 5.10 Å². The fourth-order valence-electron chi connectivity index (χ4n) is 6.02. The lowest BCUT2D eigenvalue weighted by Gasteiger charge is -2.26. The fourth-order valence-corrected chi connectivity index (χ4v) is 7.88. The number of aromatic nitrogens is 2. The number of hydrogen-bond acceptors (Lipinski definition) is 7. The Kier molecular flexibility index (Phi) is 5.70. The van der Waals surface area contributed by atoms with Crippen LogP contribution in [-0.2, 0) is 31.6 Å². The normalized spacial score (nSPS) is 23.9. The van der Waals surface area contributed by atoms with Crippen LogP contribution in [0.2, 0.25) is 0 Å². The van der Waals surface area contributed by atoms with Gasteiger partial charge in [0, 0.05) is 37.3 Å². The summed E-state index contributed by atoms with van der Waals surface area (Å²) in [5.74, 6) is -0.458. The molecule has 2 saturated heterocycles. The minimum atomic E-state index is -3.63. The van der Waals surface area contributed by atoms with Gasteiger partial charge in [0.1, 0.15) is 0 Å². The van der Waals surface area contributed by atoms with Gasteiger partial charge in [-0.3, -0.25) is 9.69 Å². The topological polar surface area (TPSA) is 94.0 Å². The molecule has 4 heterocycles. The van der Waals surface area contributed by atoms with Crippen LogP contribution in [0, 0.1) is 6.92 Å². The number of amides is 1. The lowest BCUT2D eigenvalue weighted by atomic mass is 10.0. The van der Waals surface area contributed by atoms with Gasteiger partial charge in [0.2, 0.25) is 0 Å². The molecule has 0 N–H and O–H groups in total. The summed E-state index contributed by atoms with van der Waals surface area (Å²) in [4.78, 5) is 18.3. The molecule has 198 valence electrons. The minimum absolute atomic E-state index is 0.0475. The van der Waals surface area contributed by atoms with Crippen LogP contribution in [0.4, 0.5) is 0 Å². The molecule has 1 saturated carbocycles. The first-order valence-electron chi connectivity index (χ1n) is 13.2. The SMILES string of the molecule is Cc1cccc2c1S(=O)(=O)Cc1c(C(=O)N3CCO[C@@H]4C[C@@H]43)nn(-c3ccc(CN4CCOCC4)cc3)c1-2. The summed E-state index contributed by atoms with van der Waals surface area (Å²) >= 11 is 0. The second kappa shape index (κ2) is 9.01. The van der Waals surface area contributed by atoms with Crippen molar-refractivity contribution in [2.75, 3.05) is 39.5 Å². The number of fused-ring (bicyclic) bond motifs is 4. The molecule has 10 heteroatoms. The second-order valence-electron chi connectivity index (χ2n) is 10.6. The molecule has 1 aromatic heterocycles. The third kappa shape index (κ3) is 3.98. The van der Waals surface area contributed by atoms with Gasteiger partial charge in [0.15, 0.2) is 15.5 Å². The third-order valence-corrected chi connectivity index (χ3v) is 9.85. The zero-order chi connectivity index (χ0) is 26.0. The molecule has 0 spiro atoms. The van der Waals surface area contributed by atoms with Gasteiger partial charge >= 0.3 is 0 Å². The quantitative estimate of drug-likeness (QED) is 0.508. The highest BCUT2D eigenvalue weighted by Gasteiger charge is 2.49. The lowest BCUT2D eigenvalue weighted by Crippen LogP contribution is -2.41. The molecule has 2 aromatic carbocycles. The zero-order valence-electron chi connectivity index (χ0n) is 21.3. The molecule has 1 amide bonds. The van der Waals surface area contributed by atoms with Crippen molar-refractivity contribution in [2.24, 2.45) is 0 Å². The first kappa shape index (κ1) is 24.0. The molecule has 7 rings (SSSR count). The maximum absolute atomic E-state index is 13.8. The maximum Gasteiger partial charge on any atom is 0.275 e. The summed E-state index contributed by atoms with van der Waals surface area (Å²) in [7, 11) is -3.63. The zero-order valence-corrected chi connectivity index (χ0v) is 22.1. The Morgan fingerprint density at radius 1 is 1.05 bits per heavy atom. The molecule has 3 fully saturated rings. The number of carbonyl (C=O) groups is 1. The number of sulfone groups is 1. The first-order chi connectivity index (χ1) is 18.4. The molecule has 3 aromatic rings. The Hall–Kier alpha value is -3.05. The Labute approximate surface area is 221 Å². The number of morpholine rings is 2. The van der Waals surface area contributed by atoms with E-state index < -0.39 is 9.84 Å². The van der Waals surface area contributed by atoms with Crippen molar-refractivity contribution in [1.82, 2.24) is 19.6 Å². The third-order valence-electron chi connectivity index (χ3n) is 8.01. The summed E-state index contributed by atoms with van der Waals surface area (Å²) in [5, 5.41) is 4.82. The highest BCUT2D eigenvalue weighted by Crippen LogP contribution is 2.43. The molecule has 38 heavy (non-hydrogen) atoms. The summed E-state index contributed by atoms with van der Waals surface area (Å²) < 4.78 is 39.8. The highest BCUT2D eigenvalue weighted by molar-refractivity contribution is 7.91. The van der Waals surface area contributed by atoms with Crippen molar-refractivity contribution in [2.45, 2.75) is 42.7 Å². The van der Waals surface area contributed by atoms with Crippen molar-refractivity contribution < 1.29 is 22.7 Å². The van der Waals surface area contributed by atoms with E-state index in [1.165, 1.54) is 5.56 Å². The van der Waals surface area contributed by atoms with E-state index in [1.54, 1.807) is 4.68 Å². The minimum Gasteiger partial charge on any atom is -0.379 e. The molecule has 4 aliphatic rings. The molecule has 3 aliphatic heterocycles. The Balaban J connectivity index is 1.33. The average molecular weight is 535 g/mol. The van der Waals surface area contributed by atoms with Crippen LogP contribution in [0.1, 0.15) is 33.6 Å². The predicted molar refractivity (Wildman–Crippen MR) is 140 cm³/mol. The van der Waals surface area contributed by atoms with Crippen LogP contribution >= 0.6 is 0 Å². The number of rotatable bonds is 4. The molecule has 1 aliphatic carbocycles. The number of nitrogens with zero attached hydrogens (tertiary/aromatic N) is 4. The molecule has 2 atom stereocenters. The van der Waals surface area contributed by atoms with Gasteiger partial charge in [-0.05, 0) is 36.6 Å². The van der Waals surface area contributed by atoms with Crippen molar-refractivity contribution in [3.63, 3.8) is 0 Å². The molecular formula is C28H30N4O5S. The van der Waals surface area contributed by atoms with Gasteiger partial charge in [-0.25, -0.2) is 13.1 Å². The second-order valence-corrected chi connectivity index (χ2v) is 12.5. The number of benzene rings is 2. The summed E-state index contributed by atoms with van der Waals surface area (Å²) in [6, 6.07) is 13.7. The number of ether oxygens (including phenoxy) is 2.